The molecule has 0 N–H and O–H groups in total. The lowest BCUT2D eigenvalue weighted by Crippen LogP contribution is -1.89. The minimum atomic E-state index is -0.0783. The molecule has 0 aromatic rings. The van der Waals surface area contributed by atoms with Crippen LogP contribution in [0.3, 0.4) is 0 Å². The zero-order chi connectivity index (χ0) is 8.24. The normalized spacial score (nSPS) is 9.60. The van der Waals surface area contributed by atoms with Gasteiger partial charge in [0, 0.05) is 7.11 Å². The van der Waals surface area contributed by atoms with Gasteiger partial charge >= 0.3 is 0 Å². The third-order valence-corrected chi connectivity index (χ3v) is 2.27. The second-order valence-corrected chi connectivity index (χ2v) is 3.37. The Morgan fingerprint density at radius 3 is 1.70 bits per heavy atom. The molecule has 0 aromatic heterocycles. The summed E-state index contributed by atoms with van der Waals surface area (Å²) >= 11 is 0. The summed E-state index contributed by atoms with van der Waals surface area (Å²) < 4.78 is 4.92. The second kappa shape index (κ2) is 16.0. The summed E-state index contributed by atoms with van der Waals surface area (Å²) in [5, 5.41) is 0. The molecule has 0 aromatic carbocycles. The van der Waals surface area contributed by atoms with Gasteiger partial charge in [-0.15, -0.1) is 0 Å². The van der Waals surface area contributed by atoms with Crippen molar-refractivity contribution >= 4 is 9.76 Å². The summed E-state index contributed by atoms with van der Waals surface area (Å²) in [4.78, 5) is 8.08. The van der Waals surface area contributed by atoms with Crippen molar-refractivity contribution in [2.75, 3.05) is 21.3 Å². The van der Waals surface area contributed by atoms with Gasteiger partial charge in [-0.2, -0.15) is 0 Å². The molecule has 0 bridgehead atoms. The Bertz CT molecular complexity index is 38.0. The van der Waals surface area contributed by atoms with Crippen LogP contribution in [-0.2, 0) is 14.2 Å². The van der Waals surface area contributed by atoms with Crippen molar-refractivity contribution in [1.82, 2.24) is 0 Å². The summed E-state index contributed by atoms with van der Waals surface area (Å²) in [6.07, 6.45) is 1.29. The molecule has 0 saturated heterocycles. The van der Waals surface area contributed by atoms with E-state index in [2.05, 4.69) is 16.7 Å². The van der Waals surface area contributed by atoms with Crippen molar-refractivity contribution in [3.63, 3.8) is 0 Å². The Labute approximate surface area is 65.5 Å². The fourth-order valence-corrected chi connectivity index (χ4v) is 0.866. The van der Waals surface area contributed by atoms with Gasteiger partial charge in [-0.3, -0.25) is 0 Å². The molecule has 0 radical (unpaired) electrons. The molecule has 0 aliphatic heterocycles. The lowest BCUT2D eigenvalue weighted by Gasteiger charge is -1.88. The Kier molecular flexibility index (Phi) is 20.4. The first-order valence-electron chi connectivity index (χ1n) is 3.39. The van der Waals surface area contributed by atoms with Gasteiger partial charge in [0.25, 0.3) is 0 Å². The van der Waals surface area contributed by atoms with Crippen molar-refractivity contribution in [3.8, 4) is 0 Å². The van der Waals surface area contributed by atoms with Crippen LogP contribution in [0.1, 0.15) is 13.3 Å². The van der Waals surface area contributed by atoms with Crippen molar-refractivity contribution in [1.29, 1.82) is 0 Å². The Balaban J connectivity index is 0. The maximum atomic E-state index is 4.92. The molecule has 0 fully saturated rings. The number of hydrogen-bond acceptors (Lipinski definition) is 3. The molecule has 4 heteroatoms. The molecule has 0 atom stereocenters. The number of hydrogen-bond donors (Lipinski definition) is 0. The van der Waals surface area contributed by atoms with Crippen LogP contribution in [0, 0.1) is 0 Å². The fourth-order valence-electron chi connectivity index (χ4n) is 0.289. The van der Waals surface area contributed by atoms with E-state index in [0.717, 1.165) is 0 Å². The average Bonchev–Trinajstić information content (AvgIpc) is 2.01. The van der Waals surface area contributed by atoms with E-state index < -0.39 is 0 Å². The highest BCUT2D eigenvalue weighted by molar-refractivity contribution is 6.26. The summed E-state index contributed by atoms with van der Waals surface area (Å²) in [7, 11) is 4.63. The smallest absolute Gasteiger partial charge is 0.161 e. The van der Waals surface area contributed by atoms with Crippen LogP contribution in [0.4, 0.5) is 0 Å². The van der Waals surface area contributed by atoms with Gasteiger partial charge in [0.2, 0.25) is 0 Å². The molecule has 3 nitrogen and oxygen atoms in total. The molecule has 0 aliphatic rings. The molecule has 64 valence electrons. The van der Waals surface area contributed by atoms with E-state index in [-0.39, 0.29) is 9.76 Å². The van der Waals surface area contributed by atoms with Crippen LogP contribution in [0.15, 0.2) is 0 Å². The minimum Gasteiger partial charge on any atom is -0.427 e. The van der Waals surface area contributed by atoms with E-state index >= 15 is 0 Å². The lowest BCUT2D eigenvalue weighted by atomic mass is 10.6. The Hall–Kier alpha value is 0.0969. The van der Waals surface area contributed by atoms with Crippen LogP contribution >= 0.6 is 0 Å². The molecule has 0 saturated carbocycles. The Morgan fingerprint density at radius 1 is 1.10 bits per heavy atom. The van der Waals surface area contributed by atoms with Crippen LogP contribution in [-0.4, -0.2) is 31.1 Å². The molecule has 0 aliphatic carbocycles. The predicted molar refractivity (Wildman–Crippen MR) is 44.7 cm³/mol. The standard InChI is InChI=1S/C4H12OSi.C2H6O2/c1-3-4-6-5-2;1-3-4-2/h3-4,6H2,1-2H3;1-2H3. The van der Waals surface area contributed by atoms with E-state index in [0.29, 0.717) is 0 Å². The van der Waals surface area contributed by atoms with Gasteiger partial charge in [0.15, 0.2) is 9.76 Å². The van der Waals surface area contributed by atoms with Gasteiger partial charge in [-0.05, 0) is 6.04 Å². The lowest BCUT2D eigenvalue weighted by molar-refractivity contribution is -0.248. The van der Waals surface area contributed by atoms with Crippen LogP contribution in [0.5, 0.6) is 0 Å². The second-order valence-electron chi connectivity index (χ2n) is 1.68. The molecule has 0 amide bonds. The van der Waals surface area contributed by atoms with Gasteiger partial charge in [-0.1, -0.05) is 13.3 Å². The zero-order valence-corrected chi connectivity index (χ0v) is 8.76. The topological polar surface area (TPSA) is 27.7 Å². The monoisotopic (exact) mass is 166 g/mol. The summed E-state index contributed by atoms with van der Waals surface area (Å²) in [6, 6.07) is 1.33. The molecular formula is C6H18O3Si. The third-order valence-electron chi connectivity index (χ3n) is 0.869. The first-order chi connectivity index (χ1) is 4.83. The molecule has 0 spiro atoms. The van der Waals surface area contributed by atoms with E-state index in [1.54, 1.807) is 7.11 Å². The number of rotatable bonds is 4. The van der Waals surface area contributed by atoms with Crippen molar-refractivity contribution in [2.45, 2.75) is 19.4 Å². The third kappa shape index (κ3) is 24.3. The van der Waals surface area contributed by atoms with Gasteiger partial charge in [0.1, 0.15) is 0 Å². The van der Waals surface area contributed by atoms with Gasteiger partial charge in [0.05, 0.1) is 14.2 Å². The first-order valence-corrected chi connectivity index (χ1v) is 4.96. The van der Waals surface area contributed by atoms with Crippen molar-refractivity contribution < 1.29 is 14.2 Å². The summed E-state index contributed by atoms with van der Waals surface area (Å²) in [5.74, 6) is 0. The highest BCUT2D eigenvalue weighted by atomic mass is 28.2. The van der Waals surface area contributed by atoms with Crippen LogP contribution < -0.4 is 0 Å². The Morgan fingerprint density at radius 2 is 1.60 bits per heavy atom. The predicted octanol–water partition coefficient (Wildman–Crippen LogP) is 0.739. The molecule has 0 heterocycles. The van der Waals surface area contributed by atoms with Crippen molar-refractivity contribution in [2.24, 2.45) is 0 Å². The molecule has 0 unspecified atom stereocenters. The van der Waals surface area contributed by atoms with E-state index in [9.17, 15) is 0 Å². The van der Waals surface area contributed by atoms with Crippen molar-refractivity contribution in [3.05, 3.63) is 0 Å². The zero-order valence-electron chi connectivity index (χ0n) is 7.35. The first kappa shape index (κ1) is 12.7. The van der Waals surface area contributed by atoms with E-state index in [4.69, 9.17) is 4.43 Å². The highest BCUT2D eigenvalue weighted by Gasteiger charge is 1.77. The van der Waals surface area contributed by atoms with E-state index in [1.165, 1.54) is 26.7 Å². The van der Waals surface area contributed by atoms with E-state index in [1.807, 2.05) is 0 Å². The quantitative estimate of drug-likeness (QED) is 0.267. The molecular weight excluding hydrogens is 148 g/mol. The summed E-state index contributed by atoms with van der Waals surface area (Å²) in [6.45, 7) is 2.19. The SMILES string of the molecule is CCC[SiH2]OC.COOC. The maximum Gasteiger partial charge on any atom is 0.161 e. The van der Waals surface area contributed by atoms with Crippen LogP contribution in [0.25, 0.3) is 0 Å². The van der Waals surface area contributed by atoms with Gasteiger partial charge < -0.3 is 4.43 Å². The highest BCUT2D eigenvalue weighted by Crippen LogP contribution is 1.82. The fraction of sp³-hybridized carbons (Fsp3) is 1.00. The maximum absolute atomic E-state index is 4.92. The molecule has 0 rings (SSSR count). The van der Waals surface area contributed by atoms with Gasteiger partial charge in [-0.25, -0.2) is 9.78 Å². The van der Waals surface area contributed by atoms with Crippen LogP contribution in [0.2, 0.25) is 6.04 Å². The summed E-state index contributed by atoms with van der Waals surface area (Å²) in [5.41, 5.74) is 0. The largest absolute Gasteiger partial charge is 0.427 e. The average molecular weight is 166 g/mol. The molecule has 10 heavy (non-hydrogen) atoms. The minimum absolute atomic E-state index is 0.0783.